The van der Waals surface area contributed by atoms with E-state index >= 15 is 0 Å². The average Bonchev–Trinajstić information content (AvgIpc) is 3.54. The third kappa shape index (κ3) is 5.89. The summed E-state index contributed by atoms with van der Waals surface area (Å²) in [4.78, 5) is 30.9. The SMILES string of the molecule is COCC(=O)N(CC(=O)N1CCc2sccc2[C@H]1COc1cccc(OC)c1)C[C@@H]1CCCO1. The van der Waals surface area contributed by atoms with E-state index < -0.39 is 0 Å². The third-order valence-corrected chi connectivity index (χ3v) is 7.26. The van der Waals surface area contributed by atoms with Gasteiger partial charge in [0.1, 0.15) is 24.7 Å². The lowest BCUT2D eigenvalue weighted by atomic mass is 10.0. The van der Waals surface area contributed by atoms with E-state index in [-0.39, 0.29) is 37.1 Å². The van der Waals surface area contributed by atoms with Gasteiger partial charge in [0.25, 0.3) is 0 Å². The van der Waals surface area contributed by atoms with Crippen LogP contribution in [0.3, 0.4) is 0 Å². The molecule has 2 aliphatic heterocycles. The Hall–Kier alpha value is -2.62. The number of carbonyl (C=O) groups excluding carboxylic acids is 2. The van der Waals surface area contributed by atoms with Crippen molar-refractivity contribution in [2.24, 2.45) is 0 Å². The van der Waals surface area contributed by atoms with Gasteiger partial charge in [-0.2, -0.15) is 0 Å². The zero-order valence-corrected chi connectivity index (χ0v) is 20.6. The number of fused-ring (bicyclic) bond motifs is 1. The number of hydrogen-bond acceptors (Lipinski definition) is 7. The standard InChI is InChI=1S/C25H32N2O6S/c1-30-17-25(29)26(14-20-7-4-11-32-20)15-24(28)27-10-8-23-21(9-12-34-23)22(27)16-33-19-6-3-5-18(13-19)31-2/h3,5-6,9,12-13,20,22H,4,7-8,10-11,14-17H2,1-2H3/t20-,22+/m0/s1. The molecule has 0 spiro atoms. The molecule has 1 aromatic carbocycles. The largest absolute Gasteiger partial charge is 0.497 e. The van der Waals surface area contributed by atoms with E-state index in [2.05, 4.69) is 11.4 Å². The lowest BCUT2D eigenvalue weighted by molar-refractivity contribution is -0.145. The van der Waals surface area contributed by atoms with Gasteiger partial charge in [-0.25, -0.2) is 0 Å². The molecule has 8 nitrogen and oxygen atoms in total. The Morgan fingerprint density at radius 1 is 1.24 bits per heavy atom. The van der Waals surface area contributed by atoms with Gasteiger partial charge in [0.2, 0.25) is 11.8 Å². The van der Waals surface area contributed by atoms with Crippen molar-refractivity contribution >= 4 is 23.2 Å². The number of carbonyl (C=O) groups is 2. The molecular formula is C25H32N2O6S. The van der Waals surface area contributed by atoms with E-state index in [1.54, 1.807) is 23.3 Å². The Bertz CT molecular complexity index is 974. The highest BCUT2D eigenvalue weighted by atomic mass is 32.1. The summed E-state index contributed by atoms with van der Waals surface area (Å²) >= 11 is 1.71. The molecule has 9 heteroatoms. The number of thiophene rings is 1. The Morgan fingerprint density at radius 3 is 2.85 bits per heavy atom. The van der Waals surface area contributed by atoms with Crippen LogP contribution in [0.25, 0.3) is 0 Å². The fourth-order valence-corrected chi connectivity index (χ4v) is 5.43. The van der Waals surface area contributed by atoms with Crippen LogP contribution in [0.15, 0.2) is 35.7 Å². The fourth-order valence-electron chi connectivity index (χ4n) is 4.50. The molecule has 1 saturated heterocycles. The molecule has 0 radical (unpaired) electrons. The van der Waals surface area contributed by atoms with Crippen molar-refractivity contribution in [3.63, 3.8) is 0 Å². The first-order valence-corrected chi connectivity index (χ1v) is 12.5. The second kappa shape index (κ2) is 11.7. The molecule has 2 aliphatic rings. The predicted octanol–water partition coefficient (Wildman–Crippen LogP) is 2.92. The van der Waals surface area contributed by atoms with Gasteiger partial charge in [-0.1, -0.05) is 6.07 Å². The average molecular weight is 489 g/mol. The van der Waals surface area contributed by atoms with Gasteiger partial charge in [-0.05, 0) is 48.4 Å². The van der Waals surface area contributed by atoms with Crippen LogP contribution in [-0.2, 0) is 25.5 Å². The quantitative estimate of drug-likeness (QED) is 0.512. The van der Waals surface area contributed by atoms with Gasteiger partial charge in [-0.3, -0.25) is 9.59 Å². The van der Waals surface area contributed by atoms with Crippen molar-refractivity contribution in [2.75, 3.05) is 53.7 Å². The highest BCUT2D eigenvalue weighted by molar-refractivity contribution is 7.10. The maximum absolute atomic E-state index is 13.5. The molecule has 184 valence electrons. The topological polar surface area (TPSA) is 77.5 Å². The number of nitrogens with zero attached hydrogens (tertiary/aromatic N) is 2. The summed E-state index contributed by atoms with van der Waals surface area (Å²) in [7, 11) is 3.10. The van der Waals surface area contributed by atoms with Crippen molar-refractivity contribution < 1.29 is 28.5 Å². The van der Waals surface area contributed by atoms with Crippen molar-refractivity contribution in [1.29, 1.82) is 0 Å². The molecule has 1 fully saturated rings. The normalized spacial score (nSPS) is 19.5. The number of amides is 2. The first-order valence-electron chi connectivity index (χ1n) is 11.6. The van der Waals surface area contributed by atoms with Crippen LogP contribution in [0.5, 0.6) is 11.5 Å². The zero-order valence-electron chi connectivity index (χ0n) is 19.7. The second-order valence-electron chi connectivity index (χ2n) is 8.48. The first-order chi connectivity index (χ1) is 16.6. The van der Waals surface area contributed by atoms with Gasteiger partial charge >= 0.3 is 0 Å². The Morgan fingerprint density at radius 2 is 2.09 bits per heavy atom. The Labute approximate surface area is 204 Å². The van der Waals surface area contributed by atoms with Crippen molar-refractivity contribution in [1.82, 2.24) is 9.80 Å². The summed E-state index contributed by atoms with van der Waals surface area (Å²) in [5, 5.41) is 2.06. The van der Waals surface area contributed by atoms with E-state index in [4.69, 9.17) is 18.9 Å². The van der Waals surface area contributed by atoms with E-state index in [0.29, 0.717) is 37.8 Å². The minimum atomic E-state index is -0.226. The predicted molar refractivity (Wildman–Crippen MR) is 128 cm³/mol. The van der Waals surface area contributed by atoms with Crippen LogP contribution in [-0.4, -0.2) is 81.4 Å². The lowest BCUT2D eigenvalue weighted by Gasteiger charge is -2.37. The molecule has 3 heterocycles. The van der Waals surface area contributed by atoms with Gasteiger partial charge in [0, 0.05) is 37.7 Å². The number of rotatable bonds is 10. The third-order valence-electron chi connectivity index (χ3n) is 6.26. The van der Waals surface area contributed by atoms with Crippen LogP contribution in [0.2, 0.25) is 0 Å². The van der Waals surface area contributed by atoms with Crippen LogP contribution in [0.1, 0.15) is 29.3 Å². The molecule has 0 saturated carbocycles. The molecular weight excluding hydrogens is 456 g/mol. The number of benzene rings is 1. The maximum atomic E-state index is 13.5. The number of methoxy groups -OCH3 is 2. The van der Waals surface area contributed by atoms with Crippen LogP contribution >= 0.6 is 11.3 Å². The number of hydrogen-bond donors (Lipinski definition) is 0. The molecule has 2 atom stereocenters. The summed E-state index contributed by atoms with van der Waals surface area (Å²) < 4.78 is 22.2. The highest BCUT2D eigenvalue weighted by Gasteiger charge is 2.34. The summed E-state index contributed by atoms with van der Waals surface area (Å²) in [5.41, 5.74) is 1.11. The van der Waals surface area contributed by atoms with Gasteiger partial charge in [0.15, 0.2) is 0 Å². The molecule has 0 aliphatic carbocycles. The van der Waals surface area contributed by atoms with Crippen molar-refractivity contribution in [3.05, 3.63) is 46.2 Å². The monoisotopic (exact) mass is 488 g/mol. The van der Waals surface area contributed by atoms with Crippen LogP contribution in [0, 0.1) is 0 Å². The van der Waals surface area contributed by atoms with Gasteiger partial charge < -0.3 is 28.7 Å². The molecule has 34 heavy (non-hydrogen) atoms. The van der Waals surface area contributed by atoms with E-state index in [0.717, 1.165) is 24.8 Å². The minimum Gasteiger partial charge on any atom is -0.497 e. The lowest BCUT2D eigenvalue weighted by Crippen LogP contribution is -2.49. The summed E-state index contributed by atoms with van der Waals surface area (Å²) in [6.07, 6.45) is 2.63. The van der Waals surface area contributed by atoms with Crippen molar-refractivity contribution in [2.45, 2.75) is 31.4 Å². The second-order valence-corrected chi connectivity index (χ2v) is 9.49. The highest BCUT2D eigenvalue weighted by Crippen LogP contribution is 2.34. The Kier molecular flexibility index (Phi) is 8.42. The summed E-state index contributed by atoms with van der Waals surface area (Å²) in [6, 6.07) is 9.28. The van der Waals surface area contributed by atoms with Gasteiger partial charge in [0.05, 0.1) is 25.8 Å². The molecule has 2 amide bonds. The zero-order chi connectivity index (χ0) is 23.9. The molecule has 0 N–H and O–H groups in total. The molecule has 2 aromatic rings. The summed E-state index contributed by atoms with van der Waals surface area (Å²) in [6.45, 7) is 1.94. The van der Waals surface area contributed by atoms with Crippen LogP contribution in [0.4, 0.5) is 0 Å². The van der Waals surface area contributed by atoms with Crippen LogP contribution < -0.4 is 9.47 Å². The minimum absolute atomic E-state index is 0.00279. The first kappa shape index (κ1) is 24.5. The van der Waals surface area contributed by atoms with Crippen molar-refractivity contribution in [3.8, 4) is 11.5 Å². The maximum Gasteiger partial charge on any atom is 0.249 e. The molecule has 4 rings (SSSR count). The molecule has 0 unspecified atom stereocenters. The smallest absolute Gasteiger partial charge is 0.249 e. The fraction of sp³-hybridized carbons (Fsp3) is 0.520. The Balaban J connectivity index is 1.48. The van der Waals surface area contributed by atoms with E-state index in [1.165, 1.54) is 12.0 Å². The molecule has 1 aromatic heterocycles. The van der Waals surface area contributed by atoms with E-state index in [1.807, 2.05) is 29.2 Å². The van der Waals surface area contributed by atoms with E-state index in [9.17, 15) is 9.59 Å². The van der Waals surface area contributed by atoms with Gasteiger partial charge in [-0.15, -0.1) is 11.3 Å². The number of ether oxygens (including phenoxy) is 4. The molecule has 0 bridgehead atoms. The summed E-state index contributed by atoms with van der Waals surface area (Å²) in [5.74, 6) is 1.10.